The van der Waals surface area contributed by atoms with E-state index in [2.05, 4.69) is 4.99 Å². The molecule has 3 N–H and O–H groups in total. The highest BCUT2D eigenvalue weighted by molar-refractivity contribution is 5.98. The number of methoxy groups -OCH3 is 1. The first-order chi connectivity index (χ1) is 9.61. The maximum absolute atomic E-state index is 11.3. The van der Waals surface area contributed by atoms with E-state index in [0.29, 0.717) is 17.0 Å². The molecule has 5 heteroatoms. The van der Waals surface area contributed by atoms with E-state index >= 15 is 0 Å². The fourth-order valence-electron chi connectivity index (χ4n) is 1.71. The van der Waals surface area contributed by atoms with Crippen molar-refractivity contribution in [3.8, 4) is 11.5 Å². The number of aromatic hydroxyl groups is 1. The van der Waals surface area contributed by atoms with Crippen molar-refractivity contribution >= 4 is 17.8 Å². The topological polar surface area (TPSA) is 84.9 Å². The highest BCUT2D eigenvalue weighted by Crippen LogP contribution is 2.26. The molecule has 0 saturated heterocycles. The third-order valence-corrected chi connectivity index (χ3v) is 2.73. The summed E-state index contributed by atoms with van der Waals surface area (Å²) < 4.78 is 5.01. The number of nitrogens with two attached hydrogens (primary N) is 1. The third-order valence-electron chi connectivity index (χ3n) is 2.73. The maximum Gasteiger partial charge on any atom is 0.250 e. The zero-order valence-electron chi connectivity index (χ0n) is 10.9. The molecule has 0 radical (unpaired) electrons. The first-order valence-corrected chi connectivity index (χ1v) is 5.91. The van der Waals surface area contributed by atoms with Gasteiger partial charge in [0.15, 0.2) is 11.5 Å². The molecule has 5 nitrogen and oxygen atoms in total. The van der Waals surface area contributed by atoms with E-state index in [1.807, 2.05) is 0 Å². The minimum absolute atomic E-state index is 0.0576. The number of rotatable bonds is 4. The molecule has 2 aromatic rings. The molecule has 0 aliphatic carbocycles. The summed E-state index contributed by atoms with van der Waals surface area (Å²) in [7, 11) is 1.47. The maximum atomic E-state index is 11.3. The molecule has 0 heterocycles. The summed E-state index contributed by atoms with van der Waals surface area (Å²) in [6.07, 6.45) is 1.57. The van der Waals surface area contributed by atoms with E-state index in [1.54, 1.807) is 42.6 Å². The quantitative estimate of drug-likeness (QED) is 0.835. The van der Waals surface area contributed by atoms with Crippen LogP contribution in [0.2, 0.25) is 0 Å². The largest absolute Gasteiger partial charge is 0.504 e. The van der Waals surface area contributed by atoms with Crippen molar-refractivity contribution in [1.29, 1.82) is 0 Å². The van der Waals surface area contributed by atoms with Crippen LogP contribution >= 0.6 is 0 Å². The van der Waals surface area contributed by atoms with Crippen molar-refractivity contribution in [3.63, 3.8) is 0 Å². The van der Waals surface area contributed by atoms with Crippen LogP contribution in [0.3, 0.4) is 0 Å². The van der Waals surface area contributed by atoms with Crippen molar-refractivity contribution in [2.75, 3.05) is 7.11 Å². The van der Waals surface area contributed by atoms with Crippen LogP contribution in [0.4, 0.5) is 5.69 Å². The predicted octanol–water partition coefficient (Wildman–Crippen LogP) is 2.25. The summed E-state index contributed by atoms with van der Waals surface area (Å²) in [4.78, 5) is 15.5. The minimum Gasteiger partial charge on any atom is -0.504 e. The fraction of sp³-hybridized carbons (Fsp3) is 0.0667. The van der Waals surface area contributed by atoms with Crippen LogP contribution in [0, 0.1) is 0 Å². The SMILES string of the molecule is COc1cc(C=Nc2ccccc2C(N)=O)ccc1O. The van der Waals surface area contributed by atoms with Gasteiger partial charge in [-0.05, 0) is 35.9 Å². The van der Waals surface area contributed by atoms with Gasteiger partial charge in [-0.1, -0.05) is 12.1 Å². The third kappa shape index (κ3) is 2.95. The average molecular weight is 270 g/mol. The highest BCUT2D eigenvalue weighted by atomic mass is 16.5. The lowest BCUT2D eigenvalue weighted by Crippen LogP contribution is -2.10. The lowest BCUT2D eigenvalue weighted by molar-refractivity contribution is 0.100. The molecule has 2 rings (SSSR count). The van der Waals surface area contributed by atoms with Crippen LogP contribution in [-0.4, -0.2) is 24.3 Å². The second-order valence-corrected chi connectivity index (χ2v) is 4.07. The van der Waals surface area contributed by atoms with E-state index in [4.69, 9.17) is 10.5 Å². The first-order valence-electron chi connectivity index (χ1n) is 5.91. The van der Waals surface area contributed by atoms with Gasteiger partial charge in [0.1, 0.15) is 0 Å². The molecule has 0 spiro atoms. The number of nitrogens with zero attached hydrogens (tertiary/aromatic N) is 1. The number of hydrogen-bond donors (Lipinski definition) is 2. The van der Waals surface area contributed by atoms with Crippen molar-refractivity contribution in [2.45, 2.75) is 0 Å². The van der Waals surface area contributed by atoms with E-state index in [-0.39, 0.29) is 5.75 Å². The van der Waals surface area contributed by atoms with Gasteiger partial charge >= 0.3 is 0 Å². The number of hydrogen-bond acceptors (Lipinski definition) is 4. The fourth-order valence-corrected chi connectivity index (χ4v) is 1.71. The number of carbonyl (C=O) groups is 1. The molecule has 20 heavy (non-hydrogen) atoms. The molecule has 102 valence electrons. The van der Waals surface area contributed by atoms with Gasteiger partial charge in [-0.25, -0.2) is 0 Å². The number of aliphatic imine (C=N–C) groups is 1. The Morgan fingerprint density at radius 2 is 2.05 bits per heavy atom. The van der Waals surface area contributed by atoms with Crippen LogP contribution in [-0.2, 0) is 0 Å². The normalized spacial score (nSPS) is 10.7. The number of ether oxygens (including phenoxy) is 1. The summed E-state index contributed by atoms with van der Waals surface area (Å²) in [6, 6.07) is 11.7. The Morgan fingerprint density at radius 3 is 2.75 bits per heavy atom. The number of para-hydroxylation sites is 1. The molecule has 0 unspecified atom stereocenters. The van der Waals surface area contributed by atoms with Crippen molar-refractivity contribution in [2.24, 2.45) is 10.7 Å². The van der Waals surface area contributed by atoms with Gasteiger partial charge in [-0.2, -0.15) is 0 Å². The molecule has 0 atom stereocenters. The zero-order valence-corrected chi connectivity index (χ0v) is 10.9. The Balaban J connectivity index is 2.32. The van der Waals surface area contributed by atoms with Gasteiger partial charge < -0.3 is 15.6 Å². The Kier molecular flexibility index (Phi) is 4.00. The zero-order chi connectivity index (χ0) is 14.5. The van der Waals surface area contributed by atoms with Crippen LogP contribution in [0.15, 0.2) is 47.5 Å². The Bertz CT molecular complexity index is 666. The minimum atomic E-state index is -0.527. The summed E-state index contributed by atoms with van der Waals surface area (Å²) in [5, 5.41) is 9.51. The number of amides is 1. The van der Waals surface area contributed by atoms with Gasteiger partial charge in [0, 0.05) is 6.21 Å². The molecule has 1 amide bonds. The Hall–Kier alpha value is -2.82. The smallest absolute Gasteiger partial charge is 0.250 e. The molecule has 0 fully saturated rings. The lowest BCUT2D eigenvalue weighted by Gasteiger charge is -2.04. The van der Waals surface area contributed by atoms with Gasteiger partial charge in [-0.15, -0.1) is 0 Å². The van der Waals surface area contributed by atoms with Crippen molar-refractivity contribution < 1.29 is 14.6 Å². The van der Waals surface area contributed by atoms with Gasteiger partial charge in [0.05, 0.1) is 18.4 Å². The molecule has 0 aliphatic heterocycles. The standard InChI is InChI=1S/C15H14N2O3/c1-20-14-8-10(6-7-13(14)18)9-17-12-5-3-2-4-11(12)15(16)19/h2-9,18H,1H3,(H2,16,19). The van der Waals surface area contributed by atoms with Gasteiger partial charge in [0.2, 0.25) is 0 Å². The number of primary amides is 1. The molecular weight excluding hydrogens is 256 g/mol. The molecule has 0 bridgehead atoms. The van der Waals surface area contributed by atoms with Crippen LogP contribution < -0.4 is 10.5 Å². The predicted molar refractivity (Wildman–Crippen MR) is 76.9 cm³/mol. The number of phenols is 1. The van der Waals surface area contributed by atoms with Crippen LogP contribution in [0.5, 0.6) is 11.5 Å². The number of carbonyl (C=O) groups excluding carboxylic acids is 1. The van der Waals surface area contributed by atoms with Crippen LogP contribution in [0.1, 0.15) is 15.9 Å². The summed E-state index contributed by atoms with van der Waals surface area (Å²) in [6.45, 7) is 0. The van der Waals surface area contributed by atoms with E-state index < -0.39 is 5.91 Å². The molecular formula is C15H14N2O3. The second kappa shape index (κ2) is 5.88. The summed E-state index contributed by atoms with van der Waals surface area (Å²) in [5.41, 5.74) is 6.87. The first kappa shape index (κ1) is 13.6. The molecule has 0 aromatic heterocycles. The molecule has 0 aliphatic rings. The van der Waals surface area contributed by atoms with E-state index in [9.17, 15) is 9.90 Å². The van der Waals surface area contributed by atoms with E-state index in [1.165, 1.54) is 13.2 Å². The summed E-state index contributed by atoms with van der Waals surface area (Å²) >= 11 is 0. The Labute approximate surface area is 116 Å². The molecule has 0 saturated carbocycles. The van der Waals surface area contributed by atoms with Crippen LogP contribution in [0.25, 0.3) is 0 Å². The Morgan fingerprint density at radius 1 is 1.30 bits per heavy atom. The second-order valence-electron chi connectivity index (χ2n) is 4.07. The molecule has 2 aromatic carbocycles. The monoisotopic (exact) mass is 270 g/mol. The van der Waals surface area contributed by atoms with Gasteiger partial charge in [0.25, 0.3) is 5.91 Å². The lowest BCUT2D eigenvalue weighted by atomic mass is 10.1. The summed E-state index contributed by atoms with van der Waals surface area (Å²) in [5.74, 6) is -0.111. The van der Waals surface area contributed by atoms with E-state index in [0.717, 1.165) is 5.56 Å². The highest BCUT2D eigenvalue weighted by Gasteiger charge is 2.05. The number of benzene rings is 2. The number of phenolic OH excluding ortho intramolecular Hbond substituents is 1. The van der Waals surface area contributed by atoms with Crippen molar-refractivity contribution in [1.82, 2.24) is 0 Å². The van der Waals surface area contributed by atoms with Gasteiger partial charge in [-0.3, -0.25) is 9.79 Å². The average Bonchev–Trinajstić information content (AvgIpc) is 2.46. The van der Waals surface area contributed by atoms with Crippen molar-refractivity contribution in [3.05, 3.63) is 53.6 Å².